The maximum absolute atomic E-state index is 11.1. The lowest BCUT2D eigenvalue weighted by Gasteiger charge is -2.05. The molecule has 2 nitrogen and oxygen atoms in total. The van der Waals surface area contributed by atoms with Crippen molar-refractivity contribution in [3.8, 4) is 0 Å². The second-order valence-electron chi connectivity index (χ2n) is 3.96. The highest BCUT2D eigenvalue weighted by Crippen LogP contribution is 2.28. The number of ketones is 1. The summed E-state index contributed by atoms with van der Waals surface area (Å²) in [4.78, 5) is 11.1. The predicted molar refractivity (Wildman–Crippen MR) is 57.7 cm³/mol. The van der Waals surface area contributed by atoms with Crippen LogP contribution in [0.5, 0.6) is 0 Å². The molecular weight excluding hydrogens is 174 g/mol. The Kier molecular flexibility index (Phi) is 2.53. The molecule has 74 valence electrons. The molecule has 0 unspecified atom stereocenters. The van der Waals surface area contributed by atoms with Crippen LogP contribution in [0.1, 0.15) is 30.1 Å². The van der Waals surface area contributed by atoms with Crippen LogP contribution in [0, 0.1) is 5.92 Å². The summed E-state index contributed by atoms with van der Waals surface area (Å²) in [7, 11) is 0. The van der Waals surface area contributed by atoms with Gasteiger partial charge in [0.25, 0.3) is 0 Å². The monoisotopic (exact) mass is 189 g/mol. The van der Waals surface area contributed by atoms with Crippen molar-refractivity contribution in [2.24, 2.45) is 5.92 Å². The van der Waals surface area contributed by atoms with Gasteiger partial charge in [0.15, 0.2) is 5.78 Å². The Bertz CT molecular complexity index is 342. The SMILES string of the molecule is CC(=O)c1cccc(NCC2CC2)c1. The van der Waals surface area contributed by atoms with Crippen LogP contribution in [0.4, 0.5) is 5.69 Å². The van der Waals surface area contributed by atoms with Crippen molar-refractivity contribution in [2.45, 2.75) is 19.8 Å². The number of carbonyl (C=O) groups excluding carboxylic acids is 1. The Hall–Kier alpha value is -1.31. The second-order valence-corrected chi connectivity index (χ2v) is 3.96. The Morgan fingerprint density at radius 2 is 2.29 bits per heavy atom. The van der Waals surface area contributed by atoms with E-state index in [1.807, 2.05) is 24.3 Å². The van der Waals surface area contributed by atoms with E-state index >= 15 is 0 Å². The van der Waals surface area contributed by atoms with Gasteiger partial charge in [-0.25, -0.2) is 0 Å². The predicted octanol–water partition coefficient (Wildman–Crippen LogP) is 2.71. The summed E-state index contributed by atoms with van der Waals surface area (Å²) < 4.78 is 0. The molecule has 1 aromatic rings. The van der Waals surface area contributed by atoms with E-state index in [0.717, 1.165) is 23.7 Å². The first kappa shape index (κ1) is 9.25. The largest absolute Gasteiger partial charge is 0.385 e. The molecule has 1 aliphatic carbocycles. The lowest BCUT2D eigenvalue weighted by molar-refractivity contribution is 0.101. The summed E-state index contributed by atoms with van der Waals surface area (Å²) >= 11 is 0. The maximum atomic E-state index is 11.1. The zero-order chi connectivity index (χ0) is 9.97. The number of benzene rings is 1. The van der Waals surface area contributed by atoms with Crippen LogP contribution in [0.3, 0.4) is 0 Å². The third-order valence-corrected chi connectivity index (χ3v) is 2.56. The molecule has 0 amide bonds. The zero-order valence-electron chi connectivity index (χ0n) is 8.42. The maximum Gasteiger partial charge on any atom is 0.159 e. The molecule has 0 heterocycles. The van der Waals surface area contributed by atoms with Gasteiger partial charge in [0.1, 0.15) is 0 Å². The molecule has 1 saturated carbocycles. The van der Waals surface area contributed by atoms with Gasteiger partial charge >= 0.3 is 0 Å². The highest BCUT2D eigenvalue weighted by molar-refractivity contribution is 5.94. The van der Waals surface area contributed by atoms with E-state index in [1.54, 1.807) is 6.92 Å². The van der Waals surface area contributed by atoms with Crippen molar-refractivity contribution in [1.82, 2.24) is 0 Å². The van der Waals surface area contributed by atoms with E-state index in [0.29, 0.717) is 0 Å². The Morgan fingerprint density at radius 3 is 2.93 bits per heavy atom. The second kappa shape index (κ2) is 3.82. The lowest BCUT2D eigenvalue weighted by Crippen LogP contribution is -2.03. The van der Waals surface area contributed by atoms with Crippen LogP contribution in [-0.2, 0) is 0 Å². The summed E-state index contributed by atoms with van der Waals surface area (Å²) in [5, 5.41) is 3.35. The average Bonchev–Trinajstić information content (AvgIpc) is 2.99. The molecule has 1 N–H and O–H groups in total. The number of carbonyl (C=O) groups is 1. The van der Waals surface area contributed by atoms with E-state index in [4.69, 9.17) is 0 Å². The van der Waals surface area contributed by atoms with Crippen molar-refractivity contribution >= 4 is 11.5 Å². The first-order valence-corrected chi connectivity index (χ1v) is 5.10. The van der Waals surface area contributed by atoms with Gasteiger partial charge in [0.05, 0.1) is 0 Å². The molecule has 0 atom stereocenters. The Balaban J connectivity index is 2.01. The first-order chi connectivity index (χ1) is 6.75. The van der Waals surface area contributed by atoms with Crippen LogP contribution < -0.4 is 5.32 Å². The van der Waals surface area contributed by atoms with Gasteiger partial charge < -0.3 is 5.32 Å². The van der Waals surface area contributed by atoms with Gasteiger partial charge in [-0.1, -0.05) is 12.1 Å². The smallest absolute Gasteiger partial charge is 0.159 e. The van der Waals surface area contributed by atoms with Crippen LogP contribution in [0.25, 0.3) is 0 Å². The quantitative estimate of drug-likeness (QED) is 0.738. The third kappa shape index (κ3) is 2.34. The van der Waals surface area contributed by atoms with Gasteiger partial charge in [0, 0.05) is 17.8 Å². The number of nitrogens with one attached hydrogen (secondary N) is 1. The van der Waals surface area contributed by atoms with Gasteiger partial charge in [-0.2, -0.15) is 0 Å². The molecule has 0 aromatic heterocycles. The molecule has 0 saturated heterocycles. The van der Waals surface area contributed by atoms with Crippen molar-refractivity contribution in [2.75, 3.05) is 11.9 Å². The van der Waals surface area contributed by atoms with E-state index in [9.17, 15) is 4.79 Å². The summed E-state index contributed by atoms with van der Waals surface area (Å²) in [6.07, 6.45) is 2.69. The molecule has 2 rings (SSSR count). The topological polar surface area (TPSA) is 29.1 Å². The molecule has 14 heavy (non-hydrogen) atoms. The molecule has 2 heteroatoms. The number of anilines is 1. The normalized spacial score (nSPS) is 15.2. The molecule has 1 aliphatic rings. The van der Waals surface area contributed by atoms with E-state index in [1.165, 1.54) is 12.8 Å². The summed E-state index contributed by atoms with van der Waals surface area (Å²) in [6.45, 7) is 2.64. The fraction of sp³-hybridized carbons (Fsp3) is 0.417. The minimum atomic E-state index is 0.125. The number of hydrogen-bond donors (Lipinski definition) is 1. The molecule has 1 aromatic carbocycles. The van der Waals surface area contributed by atoms with Crippen molar-refractivity contribution in [1.29, 1.82) is 0 Å². The van der Waals surface area contributed by atoms with Crippen molar-refractivity contribution < 1.29 is 4.79 Å². The molecule has 0 radical (unpaired) electrons. The van der Waals surface area contributed by atoms with Crippen LogP contribution in [-0.4, -0.2) is 12.3 Å². The van der Waals surface area contributed by atoms with E-state index in [2.05, 4.69) is 5.32 Å². The number of rotatable bonds is 4. The average molecular weight is 189 g/mol. The van der Waals surface area contributed by atoms with Gasteiger partial charge in [0.2, 0.25) is 0 Å². The number of Topliss-reactive ketones (excluding diaryl/α,β-unsaturated/α-hetero) is 1. The molecule has 1 fully saturated rings. The number of hydrogen-bond acceptors (Lipinski definition) is 2. The summed E-state index contributed by atoms with van der Waals surface area (Å²) in [5.74, 6) is 0.982. The summed E-state index contributed by atoms with van der Waals surface area (Å²) in [5.41, 5.74) is 1.84. The minimum Gasteiger partial charge on any atom is -0.385 e. The zero-order valence-corrected chi connectivity index (χ0v) is 8.42. The van der Waals surface area contributed by atoms with Crippen LogP contribution >= 0.6 is 0 Å². The fourth-order valence-electron chi connectivity index (χ4n) is 1.43. The van der Waals surface area contributed by atoms with Gasteiger partial charge in [-0.15, -0.1) is 0 Å². The minimum absolute atomic E-state index is 0.125. The van der Waals surface area contributed by atoms with Crippen molar-refractivity contribution in [3.05, 3.63) is 29.8 Å². The Morgan fingerprint density at radius 1 is 1.50 bits per heavy atom. The third-order valence-electron chi connectivity index (χ3n) is 2.56. The lowest BCUT2D eigenvalue weighted by atomic mass is 10.1. The van der Waals surface area contributed by atoms with Gasteiger partial charge in [-0.3, -0.25) is 4.79 Å². The fourth-order valence-corrected chi connectivity index (χ4v) is 1.43. The molecule has 0 aliphatic heterocycles. The molecule has 0 spiro atoms. The Labute approximate surface area is 84.3 Å². The van der Waals surface area contributed by atoms with Crippen molar-refractivity contribution in [3.63, 3.8) is 0 Å². The van der Waals surface area contributed by atoms with Crippen LogP contribution in [0.2, 0.25) is 0 Å². The summed E-state index contributed by atoms with van der Waals surface area (Å²) in [6, 6.07) is 7.70. The highest BCUT2D eigenvalue weighted by atomic mass is 16.1. The standard InChI is InChI=1S/C12H15NO/c1-9(14)11-3-2-4-12(7-11)13-8-10-5-6-10/h2-4,7,10,13H,5-6,8H2,1H3. The van der Waals surface area contributed by atoms with E-state index < -0.39 is 0 Å². The highest BCUT2D eigenvalue weighted by Gasteiger charge is 2.20. The van der Waals surface area contributed by atoms with Gasteiger partial charge in [-0.05, 0) is 37.8 Å². The van der Waals surface area contributed by atoms with Crippen LogP contribution in [0.15, 0.2) is 24.3 Å². The first-order valence-electron chi connectivity index (χ1n) is 5.10. The molecule has 0 bridgehead atoms. The molecular formula is C12H15NO. The van der Waals surface area contributed by atoms with E-state index in [-0.39, 0.29) is 5.78 Å².